The molecule has 1 N–H and O–H groups in total. The van der Waals surface area contributed by atoms with E-state index < -0.39 is 0 Å². The number of fused-ring (bicyclic) bond motifs is 1. The fourth-order valence-electron chi connectivity index (χ4n) is 1.66. The first kappa shape index (κ1) is 14.2. The first-order valence-electron chi connectivity index (χ1n) is 5.71. The highest BCUT2D eigenvalue weighted by molar-refractivity contribution is 9.10. The van der Waals surface area contributed by atoms with Crippen LogP contribution in [0, 0.1) is 0 Å². The lowest BCUT2D eigenvalue weighted by molar-refractivity contribution is 0.764. The number of nitrogens with one attached hydrogen (secondary N) is 1. The molecule has 18 heavy (non-hydrogen) atoms. The second-order valence-electron chi connectivity index (χ2n) is 3.82. The summed E-state index contributed by atoms with van der Waals surface area (Å²) >= 11 is 3.48. The van der Waals surface area contributed by atoms with Crippen molar-refractivity contribution in [1.82, 2.24) is 10.3 Å². The van der Waals surface area contributed by atoms with Crippen LogP contribution in [-0.4, -0.2) is 23.7 Å². The molecule has 0 saturated carbocycles. The summed E-state index contributed by atoms with van der Waals surface area (Å²) in [6.07, 6.45) is 3.06. The van der Waals surface area contributed by atoms with Crippen molar-refractivity contribution in [2.45, 2.75) is 6.42 Å². The van der Waals surface area contributed by atoms with E-state index in [0.29, 0.717) is 0 Å². The Morgan fingerprint density at radius 2 is 2.11 bits per heavy atom. The monoisotopic (exact) mass is 342 g/mol. The van der Waals surface area contributed by atoms with Gasteiger partial charge in [-0.2, -0.15) is 0 Å². The first-order chi connectivity index (χ1) is 8.79. The molecule has 2 nitrogen and oxygen atoms in total. The Kier molecular flexibility index (Phi) is 5.82. The van der Waals surface area contributed by atoms with Gasteiger partial charge in [0.2, 0.25) is 0 Å². The molecule has 0 aliphatic carbocycles. The summed E-state index contributed by atoms with van der Waals surface area (Å²) in [6, 6.07) is 10.4. The number of nitrogens with zero attached hydrogens (tertiary/aromatic N) is 1. The molecule has 0 fully saturated rings. The highest BCUT2D eigenvalue weighted by atomic mass is 79.9. The molecule has 2 rings (SSSR count). The molecule has 0 aliphatic heterocycles. The van der Waals surface area contributed by atoms with Gasteiger partial charge in [0.25, 0.3) is 0 Å². The number of aromatic nitrogens is 1. The summed E-state index contributed by atoms with van der Waals surface area (Å²) in [4.78, 5) is 4.67. The Morgan fingerprint density at radius 1 is 1.28 bits per heavy atom. The minimum Gasteiger partial charge on any atom is -0.307 e. The summed E-state index contributed by atoms with van der Waals surface area (Å²) < 4.78 is 1.08. The van der Waals surface area contributed by atoms with Crippen LogP contribution in [0.4, 0.5) is 0 Å². The van der Waals surface area contributed by atoms with Gasteiger partial charge in [-0.05, 0) is 24.5 Å². The molecule has 0 atom stereocenters. The van der Waals surface area contributed by atoms with E-state index in [2.05, 4.69) is 56.8 Å². The lowest BCUT2D eigenvalue weighted by Gasteiger charge is -2.05. The molecule has 2 aromatic rings. The summed E-state index contributed by atoms with van der Waals surface area (Å²) in [5.74, 6) is 0.986. The largest absolute Gasteiger partial charge is 0.307 e. The van der Waals surface area contributed by atoms with Crippen LogP contribution >= 0.6 is 37.5 Å². The van der Waals surface area contributed by atoms with Crippen molar-refractivity contribution in [1.29, 1.82) is 0 Å². The van der Waals surface area contributed by atoms with Gasteiger partial charge in [-0.1, -0.05) is 49.7 Å². The SMILES string of the molecule is CSSCNCCc1ccc2ccc(Br)cc2n1. The molecule has 0 aliphatic rings. The van der Waals surface area contributed by atoms with Gasteiger partial charge < -0.3 is 5.32 Å². The van der Waals surface area contributed by atoms with Crippen molar-refractivity contribution >= 4 is 48.4 Å². The standard InChI is InChI=1S/C13H15BrN2S2/c1-17-18-9-15-7-6-12-5-3-10-2-4-11(14)8-13(10)16-12/h2-5,8,15H,6-7,9H2,1H3. The zero-order chi connectivity index (χ0) is 12.8. The average molecular weight is 343 g/mol. The smallest absolute Gasteiger partial charge is 0.0716 e. The molecule has 0 bridgehead atoms. The van der Waals surface area contributed by atoms with Gasteiger partial charge in [-0.3, -0.25) is 4.98 Å². The van der Waals surface area contributed by atoms with Gasteiger partial charge in [0.05, 0.1) is 11.4 Å². The van der Waals surface area contributed by atoms with Crippen LogP contribution in [0.1, 0.15) is 5.69 Å². The lowest BCUT2D eigenvalue weighted by Crippen LogP contribution is -2.16. The molecule has 5 heteroatoms. The van der Waals surface area contributed by atoms with Crippen LogP contribution < -0.4 is 5.32 Å². The van der Waals surface area contributed by atoms with Gasteiger partial charge >= 0.3 is 0 Å². The first-order valence-corrected chi connectivity index (χ1v) is 9.23. The van der Waals surface area contributed by atoms with E-state index in [0.717, 1.165) is 34.5 Å². The molecule has 0 amide bonds. The highest BCUT2D eigenvalue weighted by Gasteiger charge is 1.99. The predicted octanol–water partition coefficient (Wildman–Crippen LogP) is 4.10. The van der Waals surface area contributed by atoms with E-state index in [9.17, 15) is 0 Å². The van der Waals surface area contributed by atoms with Crippen LogP contribution in [0.2, 0.25) is 0 Å². The van der Waals surface area contributed by atoms with E-state index in [1.54, 1.807) is 10.8 Å². The van der Waals surface area contributed by atoms with Crippen molar-refractivity contribution in [2.75, 3.05) is 18.7 Å². The molecule has 0 spiro atoms. The molecule has 1 heterocycles. The number of hydrogen-bond donors (Lipinski definition) is 1. The van der Waals surface area contributed by atoms with Crippen LogP contribution in [0.3, 0.4) is 0 Å². The van der Waals surface area contributed by atoms with Crippen molar-refractivity contribution in [3.05, 3.63) is 40.5 Å². The Bertz CT molecular complexity index is 519. The number of benzene rings is 1. The average Bonchev–Trinajstić information content (AvgIpc) is 2.38. The maximum atomic E-state index is 4.67. The molecule has 0 saturated heterocycles. The van der Waals surface area contributed by atoms with Crippen LogP contribution in [0.5, 0.6) is 0 Å². The van der Waals surface area contributed by atoms with Crippen LogP contribution in [-0.2, 0) is 6.42 Å². The van der Waals surface area contributed by atoms with E-state index in [1.165, 1.54) is 5.39 Å². The molecule has 0 radical (unpaired) electrons. The topological polar surface area (TPSA) is 24.9 Å². The fraction of sp³-hybridized carbons (Fsp3) is 0.308. The number of rotatable bonds is 6. The Balaban J connectivity index is 1.97. The Morgan fingerprint density at radius 3 is 2.94 bits per heavy atom. The van der Waals surface area contributed by atoms with Crippen molar-refractivity contribution in [2.24, 2.45) is 0 Å². The maximum absolute atomic E-state index is 4.67. The quantitative estimate of drug-likeness (QED) is 0.485. The van der Waals surface area contributed by atoms with Crippen LogP contribution in [0.15, 0.2) is 34.8 Å². The van der Waals surface area contributed by atoms with E-state index in [1.807, 2.05) is 16.9 Å². The minimum atomic E-state index is 0.970. The third-order valence-corrected chi connectivity index (χ3v) is 4.66. The van der Waals surface area contributed by atoms with E-state index in [4.69, 9.17) is 0 Å². The highest BCUT2D eigenvalue weighted by Crippen LogP contribution is 2.18. The van der Waals surface area contributed by atoms with Gasteiger partial charge in [-0.25, -0.2) is 0 Å². The summed E-state index contributed by atoms with van der Waals surface area (Å²) in [5.41, 5.74) is 2.20. The van der Waals surface area contributed by atoms with E-state index >= 15 is 0 Å². The molecular formula is C13H15BrN2S2. The molecule has 1 aromatic carbocycles. The number of pyridine rings is 1. The fourth-order valence-corrected chi connectivity index (χ4v) is 2.96. The molecule has 96 valence electrons. The Hall–Kier alpha value is -0.230. The van der Waals surface area contributed by atoms with Crippen molar-refractivity contribution < 1.29 is 0 Å². The summed E-state index contributed by atoms with van der Waals surface area (Å²) in [6.45, 7) is 0.972. The van der Waals surface area contributed by atoms with Crippen molar-refractivity contribution in [3.63, 3.8) is 0 Å². The Labute approximate surface area is 124 Å². The normalized spacial score (nSPS) is 11.0. The zero-order valence-electron chi connectivity index (χ0n) is 10.1. The second-order valence-corrected chi connectivity index (χ2v) is 7.30. The van der Waals surface area contributed by atoms with Gasteiger partial charge in [0.1, 0.15) is 0 Å². The number of hydrogen-bond acceptors (Lipinski definition) is 4. The zero-order valence-corrected chi connectivity index (χ0v) is 13.4. The lowest BCUT2D eigenvalue weighted by atomic mass is 10.2. The summed E-state index contributed by atoms with van der Waals surface area (Å²) in [7, 11) is 3.61. The van der Waals surface area contributed by atoms with Crippen LogP contribution in [0.25, 0.3) is 10.9 Å². The molecular weight excluding hydrogens is 328 g/mol. The number of halogens is 1. The third kappa shape index (κ3) is 4.16. The molecule has 1 aromatic heterocycles. The predicted molar refractivity (Wildman–Crippen MR) is 87.1 cm³/mol. The second kappa shape index (κ2) is 7.38. The summed E-state index contributed by atoms with van der Waals surface area (Å²) in [5, 5.41) is 4.57. The van der Waals surface area contributed by atoms with Crippen molar-refractivity contribution in [3.8, 4) is 0 Å². The third-order valence-electron chi connectivity index (χ3n) is 2.55. The maximum Gasteiger partial charge on any atom is 0.0716 e. The molecule has 0 unspecified atom stereocenters. The van der Waals surface area contributed by atoms with Gasteiger partial charge in [0.15, 0.2) is 0 Å². The van der Waals surface area contributed by atoms with E-state index in [-0.39, 0.29) is 0 Å². The van der Waals surface area contributed by atoms with Gasteiger partial charge in [0, 0.05) is 28.5 Å². The minimum absolute atomic E-state index is 0.970. The van der Waals surface area contributed by atoms with Gasteiger partial charge in [-0.15, -0.1) is 0 Å².